The van der Waals surface area contributed by atoms with Gasteiger partial charge in [0.1, 0.15) is 18.1 Å². The molecule has 0 aromatic heterocycles. The molecular weight excluding hydrogens is 488 g/mol. The van der Waals surface area contributed by atoms with Crippen molar-refractivity contribution >= 4 is 33.2 Å². The summed E-state index contributed by atoms with van der Waals surface area (Å²) >= 11 is 5.93. The van der Waals surface area contributed by atoms with Gasteiger partial charge in [-0.05, 0) is 53.9 Å². The Bertz CT molecular complexity index is 1300. The molecule has 9 heteroatoms. The van der Waals surface area contributed by atoms with E-state index in [0.717, 1.165) is 11.3 Å². The number of hydrogen-bond acceptors (Lipinski definition) is 5. The molecule has 3 aromatic rings. The van der Waals surface area contributed by atoms with Crippen molar-refractivity contribution in [1.29, 1.82) is 0 Å². The summed E-state index contributed by atoms with van der Waals surface area (Å²) in [5, 5.41) is 3.23. The number of para-hydroxylation sites is 3. The summed E-state index contributed by atoms with van der Waals surface area (Å²) in [6.07, 6.45) is -1.02. The van der Waals surface area contributed by atoms with Crippen LogP contribution in [0.5, 0.6) is 11.5 Å². The maximum absolute atomic E-state index is 13.4. The van der Waals surface area contributed by atoms with E-state index in [1.807, 2.05) is 24.3 Å². The van der Waals surface area contributed by atoms with Gasteiger partial charge in [0.25, 0.3) is 15.9 Å². The Morgan fingerprint density at radius 3 is 2.51 bits per heavy atom. The van der Waals surface area contributed by atoms with E-state index in [1.165, 1.54) is 28.6 Å². The highest BCUT2D eigenvalue weighted by Crippen LogP contribution is 2.37. The molecule has 4 rings (SSSR count). The van der Waals surface area contributed by atoms with Crippen molar-refractivity contribution in [3.63, 3.8) is 0 Å². The first-order chi connectivity index (χ1) is 16.8. The molecular formula is C26H27ClN2O5S. The maximum atomic E-state index is 13.4. The summed E-state index contributed by atoms with van der Waals surface area (Å²) in [5.41, 5.74) is 1.47. The van der Waals surface area contributed by atoms with Crippen LogP contribution in [0, 0.1) is 0 Å². The first-order valence-electron chi connectivity index (χ1n) is 11.3. The second-order valence-corrected chi connectivity index (χ2v) is 10.7. The molecule has 1 heterocycles. The third-order valence-electron chi connectivity index (χ3n) is 5.63. The van der Waals surface area contributed by atoms with E-state index in [1.54, 1.807) is 24.3 Å². The Kier molecular flexibility index (Phi) is 7.52. The molecule has 0 aliphatic carbocycles. The fraction of sp³-hybridized carbons (Fsp3) is 0.269. The molecule has 0 saturated heterocycles. The lowest BCUT2D eigenvalue weighted by atomic mass is 10.0. The van der Waals surface area contributed by atoms with Crippen LogP contribution >= 0.6 is 11.6 Å². The Labute approximate surface area is 210 Å². The van der Waals surface area contributed by atoms with Gasteiger partial charge in [-0.1, -0.05) is 55.8 Å². The van der Waals surface area contributed by atoms with Crippen LogP contribution in [-0.4, -0.2) is 40.1 Å². The number of nitrogens with one attached hydrogen (secondary N) is 1. The fourth-order valence-corrected chi connectivity index (χ4v) is 5.44. The van der Waals surface area contributed by atoms with E-state index >= 15 is 0 Å². The van der Waals surface area contributed by atoms with Gasteiger partial charge in [0.05, 0.1) is 23.7 Å². The Balaban J connectivity index is 1.45. The number of amides is 1. The smallest absolute Gasteiger partial charge is 0.264 e. The van der Waals surface area contributed by atoms with Gasteiger partial charge in [-0.15, -0.1) is 0 Å². The van der Waals surface area contributed by atoms with Gasteiger partial charge in [-0.3, -0.25) is 9.10 Å². The zero-order valence-corrected chi connectivity index (χ0v) is 21.1. The normalized spacial score (nSPS) is 15.3. The van der Waals surface area contributed by atoms with Crippen LogP contribution in [0.1, 0.15) is 25.3 Å². The second-order valence-electron chi connectivity index (χ2n) is 8.40. The third kappa shape index (κ3) is 5.55. The van der Waals surface area contributed by atoms with E-state index in [2.05, 4.69) is 19.2 Å². The number of benzene rings is 3. The monoisotopic (exact) mass is 514 g/mol. The molecule has 0 fully saturated rings. The predicted octanol–water partition coefficient (Wildman–Crippen LogP) is 4.61. The Morgan fingerprint density at radius 1 is 1.09 bits per heavy atom. The number of nitrogens with zero attached hydrogens (tertiary/aromatic N) is 1. The predicted molar refractivity (Wildman–Crippen MR) is 136 cm³/mol. The van der Waals surface area contributed by atoms with Crippen molar-refractivity contribution in [3.05, 3.63) is 83.4 Å². The zero-order chi connectivity index (χ0) is 25.0. The number of hydrogen-bond donors (Lipinski definition) is 1. The van der Waals surface area contributed by atoms with Crippen LogP contribution in [-0.2, 0) is 14.8 Å². The number of anilines is 1. The highest BCUT2D eigenvalue weighted by atomic mass is 35.5. The summed E-state index contributed by atoms with van der Waals surface area (Å²) in [6.45, 7) is 4.53. The van der Waals surface area contributed by atoms with E-state index < -0.39 is 22.0 Å². The van der Waals surface area contributed by atoms with Gasteiger partial charge in [0.2, 0.25) is 0 Å². The number of halogens is 1. The first-order valence-corrected chi connectivity index (χ1v) is 13.1. The standard InChI is InChI=1S/C26H27ClN2O5S/c1-18(2)21-7-3-5-9-23(21)33-16-15-28-26(30)25-17-29(22-8-4-6-10-24(22)34-25)35(31,32)20-13-11-19(27)12-14-20/h3-14,18,25H,15-17H2,1-2H3,(H,28,30)/t25-/m0/s1. The average molecular weight is 515 g/mol. The molecule has 1 N–H and O–H groups in total. The molecule has 1 aliphatic heterocycles. The molecule has 1 atom stereocenters. The van der Waals surface area contributed by atoms with Crippen LogP contribution < -0.4 is 19.1 Å². The summed E-state index contributed by atoms with van der Waals surface area (Å²) < 4.78 is 39.7. The lowest BCUT2D eigenvalue weighted by molar-refractivity contribution is -0.127. The number of carbonyl (C=O) groups excluding carboxylic acids is 1. The van der Waals surface area contributed by atoms with Crippen molar-refractivity contribution in [2.75, 3.05) is 24.0 Å². The lowest BCUT2D eigenvalue weighted by Gasteiger charge is -2.34. The van der Waals surface area contributed by atoms with Gasteiger partial charge in [0.15, 0.2) is 6.10 Å². The van der Waals surface area contributed by atoms with Gasteiger partial charge in [0, 0.05) is 5.02 Å². The summed E-state index contributed by atoms with van der Waals surface area (Å²) in [7, 11) is -3.94. The molecule has 184 valence electrons. The maximum Gasteiger partial charge on any atom is 0.264 e. The van der Waals surface area contributed by atoms with E-state index in [9.17, 15) is 13.2 Å². The largest absolute Gasteiger partial charge is 0.491 e. The topological polar surface area (TPSA) is 84.9 Å². The minimum atomic E-state index is -3.94. The molecule has 0 bridgehead atoms. The highest BCUT2D eigenvalue weighted by molar-refractivity contribution is 7.92. The number of fused-ring (bicyclic) bond motifs is 1. The molecule has 1 aliphatic rings. The zero-order valence-electron chi connectivity index (χ0n) is 19.5. The molecule has 0 saturated carbocycles. The molecule has 7 nitrogen and oxygen atoms in total. The summed E-state index contributed by atoms with van der Waals surface area (Å²) in [5.74, 6) is 0.986. The van der Waals surface area contributed by atoms with Crippen molar-refractivity contribution in [2.24, 2.45) is 0 Å². The second kappa shape index (κ2) is 10.6. The lowest BCUT2D eigenvalue weighted by Crippen LogP contribution is -2.51. The molecule has 0 unspecified atom stereocenters. The molecule has 0 radical (unpaired) electrons. The third-order valence-corrected chi connectivity index (χ3v) is 7.67. The van der Waals surface area contributed by atoms with Crippen LogP contribution in [0.3, 0.4) is 0 Å². The highest BCUT2D eigenvalue weighted by Gasteiger charge is 2.37. The fourth-order valence-electron chi connectivity index (χ4n) is 3.84. The molecule has 1 amide bonds. The number of ether oxygens (including phenoxy) is 2. The Hall–Kier alpha value is -3.23. The first kappa shape index (κ1) is 24.9. The summed E-state index contributed by atoms with van der Waals surface area (Å²) in [4.78, 5) is 13.0. The molecule has 3 aromatic carbocycles. The van der Waals surface area contributed by atoms with Gasteiger partial charge in [-0.25, -0.2) is 8.42 Å². The van der Waals surface area contributed by atoms with E-state index in [4.69, 9.17) is 21.1 Å². The van der Waals surface area contributed by atoms with Crippen molar-refractivity contribution < 1.29 is 22.7 Å². The quantitative estimate of drug-likeness (QED) is 0.443. The average Bonchev–Trinajstić information content (AvgIpc) is 2.86. The minimum Gasteiger partial charge on any atom is -0.491 e. The molecule has 35 heavy (non-hydrogen) atoms. The van der Waals surface area contributed by atoms with Crippen molar-refractivity contribution in [1.82, 2.24) is 5.32 Å². The van der Waals surface area contributed by atoms with Crippen LogP contribution in [0.4, 0.5) is 5.69 Å². The van der Waals surface area contributed by atoms with Gasteiger partial charge in [-0.2, -0.15) is 0 Å². The summed E-state index contributed by atoms with van der Waals surface area (Å²) in [6, 6.07) is 20.4. The molecule has 0 spiro atoms. The van der Waals surface area contributed by atoms with Gasteiger partial charge >= 0.3 is 0 Å². The van der Waals surface area contributed by atoms with Crippen LogP contribution in [0.25, 0.3) is 0 Å². The van der Waals surface area contributed by atoms with E-state index in [-0.39, 0.29) is 24.6 Å². The number of rotatable bonds is 8. The van der Waals surface area contributed by atoms with Crippen LogP contribution in [0.15, 0.2) is 77.7 Å². The number of sulfonamides is 1. The Morgan fingerprint density at radius 2 is 1.77 bits per heavy atom. The number of carbonyl (C=O) groups is 1. The van der Waals surface area contributed by atoms with E-state index in [0.29, 0.717) is 22.4 Å². The van der Waals surface area contributed by atoms with Crippen molar-refractivity contribution in [2.45, 2.75) is 30.8 Å². The SMILES string of the molecule is CC(C)c1ccccc1OCCNC(=O)[C@@H]1CN(S(=O)(=O)c2ccc(Cl)cc2)c2ccccc2O1. The van der Waals surface area contributed by atoms with Crippen molar-refractivity contribution in [3.8, 4) is 11.5 Å². The van der Waals surface area contributed by atoms with Gasteiger partial charge < -0.3 is 14.8 Å². The van der Waals surface area contributed by atoms with Crippen LogP contribution in [0.2, 0.25) is 5.02 Å². The minimum absolute atomic E-state index is 0.0787.